The van der Waals surface area contributed by atoms with Gasteiger partial charge in [0.2, 0.25) is 0 Å². The second kappa shape index (κ2) is 5.02. The zero-order valence-electron chi connectivity index (χ0n) is 9.78. The molecule has 1 aliphatic rings. The lowest BCUT2D eigenvalue weighted by atomic mass is 10.00. The Balaban J connectivity index is 1.68. The molecule has 1 atom stereocenters. The number of aromatic nitrogens is 1. The van der Waals surface area contributed by atoms with Crippen LogP contribution in [0.5, 0.6) is 0 Å². The quantitative estimate of drug-likeness (QED) is 0.875. The van der Waals surface area contributed by atoms with Crippen molar-refractivity contribution in [3.63, 3.8) is 0 Å². The largest absolute Gasteiger partial charge is 0.368 e. The van der Waals surface area contributed by atoms with Gasteiger partial charge in [0, 0.05) is 11.9 Å². The smallest absolute Gasteiger partial charge is 0.147 e. The van der Waals surface area contributed by atoms with Crippen LogP contribution >= 0.6 is 11.5 Å². The molecule has 1 aromatic carbocycles. The number of rotatable bonds is 3. The Labute approximate surface area is 105 Å². The molecule has 0 amide bonds. The predicted molar refractivity (Wildman–Crippen MR) is 73.7 cm³/mol. The average molecular weight is 247 g/mol. The van der Waals surface area contributed by atoms with E-state index in [1.807, 2.05) is 0 Å². The van der Waals surface area contributed by atoms with Gasteiger partial charge in [0.25, 0.3) is 0 Å². The summed E-state index contributed by atoms with van der Waals surface area (Å²) >= 11 is 1.57. The Bertz CT molecular complexity index is 488. The van der Waals surface area contributed by atoms with Gasteiger partial charge in [-0.3, -0.25) is 0 Å². The summed E-state index contributed by atoms with van der Waals surface area (Å²) in [4.78, 5) is 0. The molecule has 90 valence electrons. The molecule has 2 aromatic rings. The first-order valence-electron chi connectivity index (χ1n) is 6.22. The summed E-state index contributed by atoms with van der Waals surface area (Å²) < 4.78 is 5.75. The first-order chi connectivity index (χ1) is 8.43. The number of hydrogen-bond acceptors (Lipinski definition) is 4. The van der Waals surface area contributed by atoms with Crippen molar-refractivity contribution in [3.8, 4) is 0 Å². The van der Waals surface area contributed by atoms with E-state index in [2.05, 4.69) is 39.3 Å². The van der Waals surface area contributed by atoms with Crippen molar-refractivity contribution in [3.05, 3.63) is 24.3 Å². The van der Waals surface area contributed by atoms with Gasteiger partial charge in [-0.05, 0) is 55.5 Å². The molecule has 1 fully saturated rings. The van der Waals surface area contributed by atoms with E-state index in [1.165, 1.54) is 29.5 Å². The lowest BCUT2D eigenvalue weighted by Gasteiger charge is -2.22. The Morgan fingerprint density at radius 2 is 2.35 bits per heavy atom. The normalized spacial score (nSPS) is 20.6. The van der Waals surface area contributed by atoms with Crippen LogP contribution in [0.2, 0.25) is 0 Å². The summed E-state index contributed by atoms with van der Waals surface area (Å²) in [7, 11) is 0. The molecule has 0 aliphatic carbocycles. The fourth-order valence-electron chi connectivity index (χ4n) is 2.35. The van der Waals surface area contributed by atoms with Gasteiger partial charge in [-0.15, -0.1) is 0 Å². The number of benzene rings is 1. The average Bonchev–Trinajstić information content (AvgIpc) is 2.81. The van der Waals surface area contributed by atoms with E-state index in [9.17, 15) is 0 Å². The highest BCUT2D eigenvalue weighted by atomic mass is 32.1. The van der Waals surface area contributed by atoms with Crippen LogP contribution in [-0.4, -0.2) is 24.0 Å². The number of nitrogens with one attached hydrogen (secondary N) is 2. The minimum atomic E-state index is 0.740. The van der Waals surface area contributed by atoms with Crippen LogP contribution in [0.15, 0.2) is 24.3 Å². The highest BCUT2D eigenvalue weighted by Gasteiger charge is 2.13. The molecule has 0 radical (unpaired) electrons. The first kappa shape index (κ1) is 11.0. The van der Waals surface area contributed by atoms with E-state index < -0.39 is 0 Å². The van der Waals surface area contributed by atoms with Gasteiger partial charge in [0.15, 0.2) is 0 Å². The van der Waals surface area contributed by atoms with Crippen LogP contribution in [0, 0.1) is 5.92 Å². The van der Waals surface area contributed by atoms with E-state index in [4.69, 9.17) is 0 Å². The fraction of sp³-hybridized carbons (Fsp3) is 0.462. The second-order valence-electron chi connectivity index (χ2n) is 4.62. The Hall–Kier alpha value is -1.13. The molecular weight excluding hydrogens is 230 g/mol. The van der Waals surface area contributed by atoms with Gasteiger partial charge in [-0.25, -0.2) is 0 Å². The van der Waals surface area contributed by atoms with E-state index in [0.717, 1.165) is 24.8 Å². The second-order valence-corrected chi connectivity index (χ2v) is 5.43. The lowest BCUT2D eigenvalue weighted by molar-refractivity contribution is 0.393. The first-order valence-corrected chi connectivity index (χ1v) is 7.00. The maximum atomic E-state index is 4.49. The van der Waals surface area contributed by atoms with Crippen molar-refractivity contribution in [2.24, 2.45) is 5.92 Å². The van der Waals surface area contributed by atoms with E-state index >= 15 is 0 Å². The minimum absolute atomic E-state index is 0.740. The molecule has 0 saturated carbocycles. The monoisotopic (exact) mass is 247 g/mol. The summed E-state index contributed by atoms with van der Waals surface area (Å²) in [6.07, 6.45) is 2.62. The summed E-state index contributed by atoms with van der Waals surface area (Å²) in [6, 6.07) is 8.40. The molecule has 0 unspecified atom stereocenters. The molecule has 3 nitrogen and oxygen atoms in total. The number of piperidine rings is 1. The molecule has 3 rings (SSSR count). The Morgan fingerprint density at radius 1 is 1.41 bits per heavy atom. The molecular formula is C13H17N3S. The number of nitrogens with zero attached hydrogens (tertiary/aromatic N) is 1. The summed E-state index contributed by atoms with van der Waals surface area (Å²) in [5.74, 6) is 1.79. The molecule has 1 aliphatic heterocycles. The summed E-state index contributed by atoms with van der Waals surface area (Å²) in [6.45, 7) is 3.34. The topological polar surface area (TPSA) is 37.0 Å². The molecule has 4 heteroatoms. The van der Waals surface area contributed by atoms with Gasteiger partial charge >= 0.3 is 0 Å². The predicted octanol–water partition coefficient (Wildman–Crippen LogP) is 2.71. The molecule has 1 aromatic heterocycles. The fourth-order valence-corrected chi connectivity index (χ4v) is 3.11. The van der Waals surface area contributed by atoms with E-state index in [1.54, 1.807) is 11.5 Å². The summed E-state index contributed by atoms with van der Waals surface area (Å²) in [5.41, 5.74) is 0. The highest BCUT2D eigenvalue weighted by Crippen LogP contribution is 2.26. The van der Waals surface area contributed by atoms with Crippen LogP contribution in [-0.2, 0) is 0 Å². The number of hydrogen-bond donors (Lipinski definition) is 2. The van der Waals surface area contributed by atoms with Crippen LogP contribution in [0.1, 0.15) is 12.8 Å². The van der Waals surface area contributed by atoms with Crippen LogP contribution < -0.4 is 10.6 Å². The number of fused-ring (bicyclic) bond motifs is 1. The Morgan fingerprint density at radius 3 is 3.24 bits per heavy atom. The SMILES string of the molecule is c1ccc2c(NC[C@@H]3CCCNC3)nsc2c1. The zero-order chi connectivity index (χ0) is 11.5. The maximum Gasteiger partial charge on any atom is 0.147 e. The molecule has 0 spiro atoms. The zero-order valence-corrected chi connectivity index (χ0v) is 10.6. The van der Waals surface area contributed by atoms with Crippen LogP contribution in [0.25, 0.3) is 10.1 Å². The van der Waals surface area contributed by atoms with Gasteiger partial charge in [0.05, 0.1) is 4.70 Å². The van der Waals surface area contributed by atoms with E-state index in [-0.39, 0.29) is 0 Å². The number of anilines is 1. The van der Waals surface area contributed by atoms with Crippen molar-refractivity contribution >= 4 is 27.4 Å². The van der Waals surface area contributed by atoms with Gasteiger partial charge in [-0.2, -0.15) is 4.37 Å². The molecule has 0 bridgehead atoms. The third-order valence-electron chi connectivity index (χ3n) is 3.33. The van der Waals surface area contributed by atoms with Crippen molar-refractivity contribution in [1.82, 2.24) is 9.69 Å². The van der Waals surface area contributed by atoms with E-state index in [0.29, 0.717) is 0 Å². The van der Waals surface area contributed by atoms with Crippen LogP contribution in [0.4, 0.5) is 5.82 Å². The van der Waals surface area contributed by atoms with Crippen molar-refractivity contribution < 1.29 is 0 Å². The lowest BCUT2D eigenvalue weighted by Crippen LogP contribution is -2.33. The van der Waals surface area contributed by atoms with Gasteiger partial charge in [0.1, 0.15) is 5.82 Å². The molecule has 17 heavy (non-hydrogen) atoms. The minimum Gasteiger partial charge on any atom is -0.368 e. The van der Waals surface area contributed by atoms with Crippen LogP contribution in [0.3, 0.4) is 0 Å². The summed E-state index contributed by atoms with van der Waals surface area (Å²) in [5, 5.41) is 8.19. The van der Waals surface area contributed by atoms with Gasteiger partial charge in [-0.1, -0.05) is 12.1 Å². The standard InChI is InChI=1S/C13H17N3S/c1-2-6-12-11(5-1)13(16-17-12)15-9-10-4-3-7-14-8-10/h1-2,5-6,10,14H,3-4,7-9H2,(H,15,16)/t10-/m1/s1. The molecule has 1 saturated heterocycles. The molecule has 2 N–H and O–H groups in total. The van der Waals surface area contributed by atoms with Crippen molar-refractivity contribution in [1.29, 1.82) is 0 Å². The molecule has 2 heterocycles. The maximum absolute atomic E-state index is 4.49. The highest BCUT2D eigenvalue weighted by molar-refractivity contribution is 7.13. The third-order valence-corrected chi connectivity index (χ3v) is 4.16. The van der Waals surface area contributed by atoms with Crippen molar-refractivity contribution in [2.45, 2.75) is 12.8 Å². The Kier molecular flexibility index (Phi) is 3.25. The van der Waals surface area contributed by atoms with Crippen molar-refractivity contribution in [2.75, 3.05) is 25.0 Å². The third kappa shape index (κ3) is 2.42. The van der Waals surface area contributed by atoms with Gasteiger partial charge < -0.3 is 10.6 Å².